The van der Waals surface area contributed by atoms with Gasteiger partial charge in [0.1, 0.15) is 0 Å². The first kappa shape index (κ1) is 18.2. The highest BCUT2D eigenvalue weighted by Crippen LogP contribution is 2.26. The van der Waals surface area contributed by atoms with Crippen LogP contribution in [0.1, 0.15) is 50.5 Å². The van der Waals surface area contributed by atoms with Gasteiger partial charge < -0.3 is 10.2 Å². The Balaban J connectivity index is 1.28. The van der Waals surface area contributed by atoms with Gasteiger partial charge in [0.05, 0.1) is 0 Å². The van der Waals surface area contributed by atoms with Gasteiger partial charge >= 0.3 is 0 Å². The third kappa shape index (κ3) is 5.75. The van der Waals surface area contributed by atoms with Crippen LogP contribution in [0.25, 0.3) is 0 Å². The summed E-state index contributed by atoms with van der Waals surface area (Å²) in [6.07, 6.45) is 11.1. The van der Waals surface area contributed by atoms with Gasteiger partial charge in [-0.2, -0.15) is 0 Å². The molecule has 1 aromatic carbocycles. The monoisotopic (exact) mass is 348 g/mol. The topological polar surface area (TPSA) is 15.3 Å². The zero-order valence-corrected chi connectivity index (χ0v) is 15.7. The third-order valence-corrected chi connectivity index (χ3v) is 6.28. The van der Waals surface area contributed by atoms with Crippen LogP contribution in [0.4, 0.5) is 0 Å². The molecule has 1 aromatic rings. The van der Waals surface area contributed by atoms with Gasteiger partial charge in [0.25, 0.3) is 0 Å². The Morgan fingerprint density at radius 2 is 1.71 bits per heavy atom. The fourth-order valence-corrected chi connectivity index (χ4v) is 4.57. The predicted molar refractivity (Wildman–Crippen MR) is 104 cm³/mol. The van der Waals surface area contributed by atoms with Crippen molar-refractivity contribution in [3.8, 4) is 0 Å². The molecular weight excluding hydrogens is 316 g/mol. The quantitative estimate of drug-likeness (QED) is 0.714. The molecule has 134 valence electrons. The van der Waals surface area contributed by atoms with E-state index < -0.39 is 0 Å². The summed E-state index contributed by atoms with van der Waals surface area (Å²) in [5.41, 5.74) is 1.26. The first-order valence-corrected chi connectivity index (χ1v) is 10.4. The van der Waals surface area contributed by atoms with Gasteiger partial charge in [-0.05, 0) is 81.7 Å². The smallest absolute Gasteiger partial charge is 0.0438 e. The molecule has 0 atom stereocenters. The number of rotatable bonds is 7. The van der Waals surface area contributed by atoms with Crippen LogP contribution in [0, 0.1) is 11.8 Å². The van der Waals surface area contributed by atoms with Crippen molar-refractivity contribution in [3.05, 3.63) is 34.9 Å². The van der Waals surface area contributed by atoms with Crippen molar-refractivity contribution >= 4 is 11.6 Å². The summed E-state index contributed by atoms with van der Waals surface area (Å²) in [6.45, 7) is 6.20. The molecule has 0 radical (unpaired) electrons. The maximum atomic E-state index is 6.21. The van der Waals surface area contributed by atoms with E-state index in [1.165, 1.54) is 76.7 Å². The molecule has 3 rings (SSSR count). The van der Waals surface area contributed by atoms with Gasteiger partial charge in [-0.25, -0.2) is 0 Å². The van der Waals surface area contributed by atoms with Crippen molar-refractivity contribution in [2.45, 2.75) is 51.4 Å². The Kier molecular flexibility index (Phi) is 7.44. The number of hydrogen-bond donors (Lipinski definition) is 1. The lowest BCUT2D eigenvalue weighted by atomic mass is 9.88. The molecule has 1 aliphatic carbocycles. The second kappa shape index (κ2) is 9.79. The summed E-state index contributed by atoms with van der Waals surface area (Å²) >= 11 is 6.21. The minimum absolute atomic E-state index is 0.860. The molecule has 1 heterocycles. The van der Waals surface area contributed by atoms with Crippen molar-refractivity contribution in [3.63, 3.8) is 0 Å². The molecule has 0 aromatic heterocycles. The highest BCUT2D eigenvalue weighted by atomic mass is 35.5. The molecule has 1 N–H and O–H groups in total. The van der Waals surface area contributed by atoms with Crippen LogP contribution < -0.4 is 5.32 Å². The Labute approximate surface area is 153 Å². The molecule has 0 amide bonds. The zero-order chi connectivity index (χ0) is 16.6. The standard InChI is InChI=1S/C21H33ClN2/c22-21-9-5-4-8-20(21)10-13-23-16-18-11-14-24(15-12-18)17-19-6-2-1-3-7-19/h4-5,8-9,18-19,23H,1-3,6-7,10-17H2. The molecule has 2 aliphatic rings. The molecule has 3 heteroatoms. The van der Waals surface area contributed by atoms with Crippen molar-refractivity contribution in [1.29, 1.82) is 0 Å². The van der Waals surface area contributed by atoms with E-state index in [9.17, 15) is 0 Å². The lowest BCUT2D eigenvalue weighted by molar-refractivity contribution is 0.145. The highest BCUT2D eigenvalue weighted by molar-refractivity contribution is 6.31. The SMILES string of the molecule is Clc1ccccc1CCNCC1CCN(CC2CCCCC2)CC1. The van der Waals surface area contributed by atoms with E-state index in [-0.39, 0.29) is 0 Å². The first-order valence-electron chi connectivity index (χ1n) is 9.98. The summed E-state index contributed by atoms with van der Waals surface area (Å²) in [7, 11) is 0. The molecule has 2 fully saturated rings. The molecule has 0 unspecified atom stereocenters. The average molecular weight is 349 g/mol. The summed E-state index contributed by atoms with van der Waals surface area (Å²) < 4.78 is 0. The van der Waals surface area contributed by atoms with Gasteiger partial charge in [0, 0.05) is 11.6 Å². The molecule has 0 bridgehead atoms. The Bertz CT molecular complexity index is 476. The van der Waals surface area contributed by atoms with Gasteiger partial charge in [0.15, 0.2) is 0 Å². The molecule has 1 aliphatic heterocycles. The number of piperidine rings is 1. The minimum Gasteiger partial charge on any atom is -0.316 e. The van der Waals surface area contributed by atoms with Crippen LogP contribution in [0.2, 0.25) is 5.02 Å². The van der Waals surface area contributed by atoms with E-state index in [2.05, 4.69) is 22.3 Å². The Morgan fingerprint density at radius 3 is 2.46 bits per heavy atom. The van der Waals surface area contributed by atoms with Crippen LogP contribution in [-0.4, -0.2) is 37.6 Å². The first-order chi connectivity index (χ1) is 11.8. The molecule has 24 heavy (non-hydrogen) atoms. The molecular formula is C21H33ClN2. The minimum atomic E-state index is 0.860. The fraction of sp³-hybridized carbons (Fsp3) is 0.714. The van der Waals surface area contributed by atoms with Gasteiger partial charge in [0.2, 0.25) is 0 Å². The fourth-order valence-electron chi connectivity index (χ4n) is 4.34. The van der Waals surface area contributed by atoms with E-state index in [0.717, 1.165) is 29.8 Å². The predicted octanol–water partition coefficient (Wildman–Crippen LogP) is 4.76. The summed E-state index contributed by atoms with van der Waals surface area (Å²) in [5.74, 6) is 1.85. The number of benzene rings is 1. The largest absolute Gasteiger partial charge is 0.316 e. The van der Waals surface area contributed by atoms with E-state index >= 15 is 0 Å². The maximum Gasteiger partial charge on any atom is 0.0438 e. The maximum absolute atomic E-state index is 6.21. The normalized spacial score (nSPS) is 21.2. The summed E-state index contributed by atoms with van der Waals surface area (Å²) in [5, 5.41) is 4.55. The number of halogens is 1. The van der Waals surface area contributed by atoms with Crippen LogP contribution in [0.5, 0.6) is 0 Å². The summed E-state index contributed by atoms with van der Waals surface area (Å²) in [4.78, 5) is 2.73. The molecule has 2 nitrogen and oxygen atoms in total. The second-order valence-corrected chi connectivity index (χ2v) is 8.20. The Morgan fingerprint density at radius 1 is 0.958 bits per heavy atom. The number of nitrogens with one attached hydrogen (secondary N) is 1. The van der Waals surface area contributed by atoms with Crippen molar-refractivity contribution < 1.29 is 0 Å². The van der Waals surface area contributed by atoms with Crippen LogP contribution in [-0.2, 0) is 6.42 Å². The van der Waals surface area contributed by atoms with Gasteiger partial charge in [-0.3, -0.25) is 0 Å². The van der Waals surface area contributed by atoms with Crippen molar-refractivity contribution in [2.24, 2.45) is 11.8 Å². The number of hydrogen-bond acceptors (Lipinski definition) is 2. The van der Waals surface area contributed by atoms with Crippen LogP contribution >= 0.6 is 11.6 Å². The van der Waals surface area contributed by atoms with E-state index in [4.69, 9.17) is 11.6 Å². The molecule has 0 spiro atoms. The summed E-state index contributed by atoms with van der Waals surface area (Å²) in [6, 6.07) is 8.19. The second-order valence-electron chi connectivity index (χ2n) is 7.79. The zero-order valence-electron chi connectivity index (χ0n) is 15.0. The number of likely N-dealkylation sites (tertiary alicyclic amines) is 1. The van der Waals surface area contributed by atoms with Gasteiger partial charge in [-0.1, -0.05) is 49.1 Å². The Hall–Kier alpha value is -0.570. The number of nitrogens with zero attached hydrogens (tertiary/aromatic N) is 1. The van der Waals surface area contributed by atoms with Crippen molar-refractivity contribution in [1.82, 2.24) is 10.2 Å². The van der Waals surface area contributed by atoms with E-state index in [0.29, 0.717) is 0 Å². The van der Waals surface area contributed by atoms with E-state index in [1.54, 1.807) is 0 Å². The lowest BCUT2D eigenvalue weighted by Gasteiger charge is -2.35. The lowest BCUT2D eigenvalue weighted by Crippen LogP contribution is -2.40. The van der Waals surface area contributed by atoms with E-state index in [1.807, 2.05) is 12.1 Å². The van der Waals surface area contributed by atoms with Crippen molar-refractivity contribution in [2.75, 3.05) is 32.7 Å². The van der Waals surface area contributed by atoms with Gasteiger partial charge in [-0.15, -0.1) is 0 Å². The highest BCUT2D eigenvalue weighted by Gasteiger charge is 2.22. The molecule has 1 saturated heterocycles. The molecule has 1 saturated carbocycles. The van der Waals surface area contributed by atoms with Crippen LogP contribution in [0.3, 0.4) is 0 Å². The average Bonchev–Trinajstić information content (AvgIpc) is 2.62. The van der Waals surface area contributed by atoms with Crippen LogP contribution in [0.15, 0.2) is 24.3 Å². The third-order valence-electron chi connectivity index (χ3n) is 5.91.